The third kappa shape index (κ3) is 3.56. The van der Waals surface area contributed by atoms with E-state index >= 15 is 0 Å². The Bertz CT molecular complexity index is 1020. The van der Waals surface area contributed by atoms with E-state index in [0.717, 1.165) is 24.3 Å². The van der Waals surface area contributed by atoms with E-state index in [1.54, 1.807) is 0 Å². The Hall–Kier alpha value is -2.62. The molecule has 2 aromatic carbocycles. The molecule has 3 aliphatic carbocycles. The normalized spacial score (nSPS) is 30.8. The third-order valence-corrected chi connectivity index (χ3v) is 8.25. The van der Waals surface area contributed by atoms with Crippen molar-refractivity contribution in [3.8, 4) is 5.75 Å². The van der Waals surface area contributed by atoms with E-state index in [9.17, 15) is 5.11 Å². The molecule has 0 bridgehead atoms. The second-order valence-corrected chi connectivity index (χ2v) is 10.1. The van der Waals surface area contributed by atoms with Crippen molar-refractivity contribution in [1.29, 1.82) is 0 Å². The van der Waals surface area contributed by atoms with Gasteiger partial charge in [-0.3, -0.25) is 0 Å². The first-order chi connectivity index (χ1) is 15.0. The molecule has 0 amide bonds. The van der Waals surface area contributed by atoms with E-state index in [1.165, 1.54) is 48.2 Å². The van der Waals surface area contributed by atoms with Crippen LogP contribution in [0.4, 0.5) is 5.69 Å². The molecule has 0 aromatic heterocycles. The monoisotopic (exact) mass is 415 g/mol. The Morgan fingerprint density at radius 1 is 1.03 bits per heavy atom. The standard InChI is InChI=1S/C27H33N3O/c1-27-15-14-23-22-11-9-21(31)16-19(22)6-10-24(23)25(27)12-13-26(27)29-28-17-18-4-7-20(8-5-18)30(2)3/h4-5,7-9,11,16-17,23-25,31H,6,10,12-15H2,1-3H3/b28-17-,29-26-/t23-,24+,25+,27+/m1/s1. The fourth-order valence-electron chi connectivity index (χ4n) is 6.55. The van der Waals surface area contributed by atoms with Gasteiger partial charge in [0.05, 0.1) is 6.21 Å². The zero-order chi connectivity index (χ0) is 21.6. The quantitative estimate of drug-likeness (QED) is 0.509. The van der Waals surface area contributed by atoms with Crippen LogP contribution in [0.3, 0.4) is 0 Å². The minimum absolute atomic E-state index is 0.182. The van der Waals surface area contributed by atoms with Crippen LogP contribution in [0.25, 0.3) is 0 Å². The van der Waals surface area contributed by atoms with Gasteiger partial charge in [-0.1, -0.05) is 25.1 Å². The second kappa shape index (κ2) is 7.81. The van der Waals surface area contributed by atoms with Crippen molar-refractivity contribution in [2.24, 2.45) is 27.5 Å². The van der Waals surface area contributed by atoms with Crippen molar-refractivity contribution in [2.45, 2.75) is 51.4 Å². The second-order valence-electron chi connectivity index (χ2n) is 10.1. The minimum atomic E-state index is 0.182. The van der Waals surface area contributed by atoms with Crippen molar-refractivity contribution < 1.29 is 5.11 Å². The molecular weight excluding hydrogens is 382 g/mol. The maximum absolute atomic E-state index is 9.88. The highest BCUT2D eigenvalue weighted by Crippen LogP contribution is 2.60. The summed E-state index contributed by atoms with van der Waals surface area (Å²) in [7, 11) is 4.10. The fraction of sp³-hybridized carbons (Fsp3) is 0.481. The van der Waals surface area contributed by atoms with Gasteiger partial charge < -0.3 is 10.0 Å². The van der Waals surface area contributed by atoms with E-state index in [4.69, 9.17) is 5.10 Å². The van der Waals surface area contributed by atoms with E-state index in [2.05, 4.69) is 61.4 Å². The van der Waals surface area contributed by atoms with E-state index in [1.807, 2.05) is 18.3 Å². The Labute approximate surface area is 185 Å². The van der Waals surface area contributed by atoms with E-state index in [0.29, 0.717) is 17.6 Å². The molecular formula is C27H33N3O. The smallest absolute Gasteiger partial charge is 0.115 e. The summed E-state index contributed by atoms with van der Waals surface area (Å²) in [6, 6.07) is 14.5. The van der Waals surface area contributed by atoms with Crippen molar-refractivity contribution in [3.63, 3.8) is 0 Å². The number of benzene rings is 2. The van der Waals surface area contributed by atoms with Crippen molar-refractivity contribution in [2.75, 3.05) is 19.0 Å². The van der Waals surface area contributed by atoms with Crippen LogP contribution < -0.4 is 4.90 Å². The number of hydrogen-bond donors (Lipinski definition) is 1. The molecule has 0 aliphatic heterocycles. The number of fused-ring (bicyclic) bond motifs is 5. The predicted molar refractivity (Wildman–Crippen MR) is 129 cm³/mol. The summed E-state index contributed by atoms with van der Waals surface area (Å²) in [6.45, 7) is 2.44. The van der Waals surface area contributed by atoms with Gasteiger partial charge >= 0.3 is 0 Å². The molecule has 4 atom stereocenters. The Morgan fingerprint density at radius 3 is 2.61 bits per heavy atom. The van der Waals surface area contributed by atoms with Gasteiger partial charge in [0.15, 0.2) is 0 Å². The van der Waals surface area contributed by atoms with Gasteiger partial charge in [-0.15, -0.1) is 0 Å². The lowest BCUT2D eigenvalue weighted by atomic mass is 9.55. The molecule has 2 saturated carbocycles. The summed E-state index contributed by atoms with van der Waals surface area (Å²) < 4.78 is 0. The molecule has 1 N–H and O–H groups in total. The van der Waals surface area contributed by atoms with Gasteiger partial charge in [0.25, 0.3) is 0 Å². The van der Waals surface area contributed by atoms with Crippen LogP contribution in [0, 0.1) is 17.3 Å². The minimum Gasteiger partial charge on any atom is -0.508 e. The highest BCUT2D eigenvalue weighted by Gasteiger charge is 2.53. The SMILES string of the molecule is CN(C)c1ccc(/C=N\N=C2\CC[C@H]3[C@H]4CCc5cc(O)ccc5[C@H]4CC[C@]23C)cc1. The van der Waals surface area contributed by atoms with Crippen LogP contribution in [0.1, 0.15) is 61.6 Å². The molecule has 0 saturated heterocycles. The van der Waals surface area contributed by atoms with Gasteiger partial charge in [0.1, 0.15) is 5.75 Å². The first-order valence-electron chi connectivity index (χ1n) is 11.7. The zero-order valence-electron chi connectivity index (χ0n) is 18.9. The maximum atomic E-state index is 9.88. The van der Waals surface area contributed by atoms with E-state index < -0.39 is 0 Å². The molecule has 0 unspecified atom stereocenters. The lowest BCUT2D eigenvalue weighted by Gasteiger charge is -2.49. The van der Waals surface area contributed by atoms with Gasteiger partial charge in [0, 0.05) is 30.9 Å². The number of aromatic hydroxyl groups is 1. The Kier molecular flexibility index (Phi) is 5.11. The average molecular weight is 416 g/mol. The van der Waals surface area contributed by atoms with Crippen LogP contribution >= 0.6 is 0 Å². The predicted octanol–water partition coefficient (Wildman–Crippen LogP) is 5.79. The number of hydrogen-bond acceptors (Lipinski definition) is 4. The van der Waals surface area contributed by atoms with Crippen LogP contribution in [0.2, 0.25) is 0 Å². The fourth-order valence-corrected chi connectivity index (χ4v) is 6.55. The summed E-state index contributed by atoms with van der Waals surface area (Å²) in [6.07, 6.45) is 8.91. The van der Waals surface area contributed by atoms with Gasteiger partial charge in [0.2, 0.25) is 0 Å². The van der Waals surface area contributed by atoms with E-state index in [-0.39, 0.29) is 5.41 Å². The third-order valence-electron chi connectivity index (χ3n) is 8.25. The molecule has 2 aromatic rings. The van der Waals surface area contributed by atoms with Crippen molar-refractivity contribution in [1.82, 2.24) is 0 Å². The first-order valence-corrected chi connectivity index (χ1v) is 11.7. The lowest BCUT2D eigenvalue weighted by molar-refractivity contribution is 0.0955. The summed E-state index contributed by atoms with van der Waals surface area (Å²) in [5.41, 5.74) is 6.61. The number of anilines is 1. The number of phenolic OH excluding ortho intramolecular Hbond substituents is 1. The molecule has 5 rings (SSSR count). The number of aryl methyl sites for hydroxylation is 1. The van der Waals surface area contributed by atoms with Crippen molar-refractivity contribution >= 4 is 17.6 Å². The summed E-state index contributed by atoms with van der Waals surface area (Å²) in [5, 5.41) is 19.2. The lowest BCUT2D eigenvalue weighted by Crippen LogP contribution is -2.42. The molecule has 4 nitrogen and oxygen atoms in total. The summed E-state index contributed by atoms with van der Waals surface area (Å²) >= 11 is 0. The van der Waals surface area contributed by atoms with Crippen LogP contribution in [-0.2, 0) is 6.42 Å². The molecule has 162 valence electrons. The molecule has 0 radical (unpaired) electrons. The molecule has 0 spiro atoms. The largest absolute Gasteiger partial charge is 0.508 e. The topological polar surface area (TPSA) is 48.2 Å². The molecule has 0 heterocycles. The number of phenols is 1. The average Bonchev–Trinajstić information content (AvgIpc) is 3.10. The Balaban J connectivity index is 1.34. The number of rotatable bonds is 3. The number of nitrogens with zero attached hydrogens (tertiary/aromatic N) is 3. The molecule has 2 fully saturated rings. The Morgan fingerprint density at radius 2 is 1.84 bits per heavy atom. The van der Waals surface area contributed by atoms with Crippen LogP contribution in [0.15, 0.2) is 52.7 Å². The van der Waals surface area contributed by atoms with Gasteiger partial charge in [-0.05, 0) is 97.2 Å². The summed E-state index contributed by atoms with van der Waals surface area (Å²) in [4.78, 5) is 2.10. The van der Waals surface area contributed by atoms with Gasteiger partial charge in [-0.2, -0.15) is 10.2 Å². The summed E-state index contributed by atoms with van der Waals surface area (Å²) in [5.74, 6) is 2.47. The van der Waals surface area contributed by atoms with Crippen LogP contribution in [-0.4, -0.2) is 31.1 Å². The first kappa shape index (κ1) is 20.3. The highest BCUT2D eigenvalue weighted by molar-refractivity contribution is 5.93. The van der Waals surface area contributed by atoms with Gasteiger partial charge in [-0.25, -0.2) is 0 Å². The van der Waals surface area contributed by atoms with Crippen LogP contribution in [0.5, 0.6) is 5.75 Å². The van der Waals surface area contributed by atoms with Crippen molar-refractivity contribution in [3.05, 3.63) is 59.2 Å². The zero-order valence-corrected chi connectivity index (χ0v) is 18.9. The molecule has 31 heavy (non-hydrogen) atoms. The highest BCUT2D eigenvalue weighted by atomic mass is 16.3. The maximum Gasteiger partial charge on any atom is 0.115 e. The molecule has 4 heteroatoms. The molecule has 3 aliphatic rings.